The van der Waals surface area contributed by atoms with Crippen LogP contribution in [-0.4, -0.2) is 41.6 Å². The third-order valence-electron chi connectivity index (χ3n) is 5.07. The Morgan fingerprint density at radius 1 is 1.11 bits per heavy atom. The van der Waals surface area contributed by atoms with Crippen molar-refractivity contribution >= 4 is 16.7 Å². The molecule has 0 spiro atoms. The molecular weight excluding hydrogens is 352 g/mol. The quantitative estimate of drug-likeness (QED) is 0.666. The summed E-state index contributed by atoms with van der Waals surface area (Å²) >= 11 is 0. The zero-order valence-electron chi connectivity index (χ0n) is 16.0. The third-order valence-corrected chi connectivity index (χ3v) is 5.07. The SMILES string of the molecule is CCOc1ccc2ccccc2c1C(=O)N1CCC(Oc2cccnc2)CC1. The van der Waals surface area contributed by atoms with E-state index in [4.69, 9.17) is 9.47 Å². The molecule has 1 amide bonds. The Hall–Kier alpha value is -3.08. The molecule has 0 unspecified atom stereocenters. The molecule has 0 N–H and O–H groups in total. The molecule has 2 aromatic carbocycles. The van der Waals surface area contributed by atoms with Gasteiger partial charge in [0.2, 0.25) is 0 Å². The van der Waals surface area contributed by atoms with Crippen molar-refractivity contribution in [1.29, 1.82) is 0 Å². The van der Waals surface area contributed by atoms with Gasteiger partial charge in [0.15, 0.2) is 0 Å². The molecule has 3 aromatic rings. The monoisotopic (exact) mass is 376 g/mol. The highest BCUT2D eigenvalue weighted by Gasteiger charge is 2.27. The number of carbonyl (C=O) groups excluding carboxylic acids is 1. The van der Waals surface area contributed by atoms with E-state index in [1.54, 1.807) is 12.4 Å². The molecule has 0 atom stereocenters. The van der Waals surface area contributed by atoms with E-state index in [-0.39, 0.29) is 12.0 Å². The van der Waals surface area contributed by atoms with Gasteiger partial charge >= 0.3 is 0 Å². The lowest BCUT2D eigenvalue weighted by atomic mass is 10.0. The van der Waals surface area contributed by atoms with E-state index >= 15 is 0 Å². The molecule has 2 heterocycles. The van der Waals surface area contributed by atoms with E-state index in [2.05, 4.69) is 4.98 Å². The Bertz CT molecular complexity index is 950. The van der Waals surface area contributed by atoms with Gasteiger partial charge < -0.3 is 14.4 Å². The predicted molar refractivity (Wildman–Crippen MR) is 109 cm³/mol. The molecule has 144 valence electrons. The van der Waals surface area contributed by atoms with Crippen LogP contribution in [0.5, 0.6) is 11.5 Å². The van der Waals surface area contributed by atoms with Crippen molar-refractivity contribution in [3.8, 4) is 11.5 Å². The highest BCUT2D eigenvalue weighted by molar-refractivity contribution is 6.09. The van der Waals surface area contributed by atoms with E-state index < -0.39 is 0 Å². The second kappa shape index (κ2) is 8.30. The van der Waals surface area contributed by atoms with Gasteiger partial charge in [0, 0.05) is 32.1 Å². The number of hydrogen-bond acceptors (Lipinski definition) is 4. The fraction of sp³-hybridized carbons (Fsp3) is 0.304. The first-order chi connectivity index (χ1) is 13.8. The summed E-state index contributed by atoms with van der Waals surface area (Å²) in [6.07, 6.45) is 5.16. The molecule has 1 fully saturated rings. The molecule has 1 aromatic heterocycles. The maximum absolute atomic E-state index is 13.4. The second-order valence-electron chi connectivity index (χ2n) is 6.89. The number of likely N-dealkylation sites (tertiary alicyclic amines) is 1. The van der Waals surface area contributed by atoms with Crippen LogP contribution in [0.15, 0.2) is 60.9 Å². The molecule has 5 nitrogen and oxygen atoms in total. The fourth-order valence-corrected chi connectivity index (χ4v) is 3.69. The summed E-state index contributed by atoms with van der Waals surface area (Å²) in [5.41, 5.74) is 0.659. The lowest BCUT2D eigenvalue weighted by molar-refractivity contribution is 0.0593. The fourth-order valence-electron chi connectivity index (χ4n) is 3.69. The van der Waals surface area contributed by atoms with Crippen LogP contribution in [-0.2, 0) is 0 Å². The Kier molecular flexibility index (Phi) is 5.42. The lowest BCUT2D eigenvalue weighted by Gasteiger charge is -2.32. The van der Waals surface area contributed by atoms with Gasteiger partial charge in [-0.3, -0.25) is 9.78 Å². The smallest absolute Gasteiger partial charge is 0.258 e. The zero-order valence-corrected chi connectivity index (χ0v) is 16.0. The number of hydrogen-bond donors (Lipinski definition) is 0. The van der Waals surface area contributed by atoms with Gasteiger partial charge in [-0.15, -0.1) is 0 Å². The number of carbonyl (C=O) groups is 1. The van der Waals surface area contributed by atoms with Crippen molar-refractivity contribution in [2.24, 2.45) is 0 Å². The molecule has 28 heavy (non-hydrogen) atoms. The number of nitrogens with zero attached hydrogens (tertiary/aromatic N) is 2. The van der Waals surface area contributed by atoms with E-state index in [1.807, 2.05) is 60.4 Å². The van der Waals surface area contributed by atoms with E-state index in [9.17, 15) is 4.79 Å². The first kappa shape index (κ1) is 18.3. The van der Waals surface area contributed by atoms with Gasteiger partial charge in [0.1, 0.15) is 17.6 Å². The average molecular weight is 376 g/mol. The summed E-state index contributed by atoms with van der Waals surface area (Å²) < 4.78 is 11.8. The van der Waals surface area contributed by atoms with E-state index in [1.165, 1.54) is 0 Å². The maximum atomic E-state index is 13.4. The Morgan fingerprint density at radius 3 is 2.68 bits per heavy atom. The summed E-state index contributed by atoms with van der Waals surface area (Å²) in [5, 5.41) is 1.98. The second-order valence-corrected chi connectivity index (χ2v) is 6.89. The standard InChI is InChI=1S/C23H24N2O3/c1-2-27-21-10-9-17-6-3-4-8-20(17)22(21)23(26)25-14-11-18(12-15-25)28-19-7-5-13-24-16-19/h3-10,13,16,18H,2,11-12,14-15H2,1H3. The first-order valence-corrected chi connectivity index (χ1v) is 9.76. The molecule has 1 saturated heterocycles. The van der Waals surface area contributed by atoms with Crippen molar-refractivity contribution in [3.05, 3.63) is 66.5 Å². The molecule has 0 bridgehead atoms. The zero-order chi connectivity index (χ0) is 19.3. The molecule has 4 rings (SSSR count). The number of pyridine rings is 1. The van der Waals surface area contributed by atoms with Gasteiger partial charge in [-0.05, 0) is 35.9 Å². The minimum absolute atomic E-state index is 0.0278. The highest BCUT2D eigenvalue weighted by atomic mass is 16.5. The molecule has 0 saturated carbocycles. The van der Waals surface area contributed by atoms with Crippen LogP contribution in [0.2, 0.25) is 0 Å². The number of fused-ring (bicyclic) bond motifs is 1. The minimum Gasteiger partial charge on any atom is -0.493 e. The van der Waals surface area contributed by atoms with Crippen molar-refractivity contribution in [2.45, 2.75) is 25.9 Å². The van der Waals surface area contributed by atoms with Crippen molar-refractivity contribution in [1.82, 2.24) is 9.88 Å². The number of ether oxygens (including phenoxy) is 2. The molecule has 5 heteroatoms. The molecule has 0 radical (unpaired) electrons. The van der Waals surface area contributed by atoms with Gasteiger partial charge in [-0.25, -0.2) is 0 Å². The molecule has 1 aliphatic rings. The minimum atomic E-state index is 0.0278. The molecule has 0 aliphatic carbocycles. The normalized spacial score (nSPS) is 14.8. The number of amides is 1. The Balaban J connectivity index is 1.52. The van der Waals surface area contributed by atoms with Crippen LogP contribution >= 0.6 is 0 Å². The molecule has 1 aliphatic heterocycles. The van der Waals surface area contributed by atoms with Crippen LogP contribution in [0.25, 0.3) is 10.8 Å². The predicted octanol–water partition coefficient (Wildman–Crippen LogP) is 4.32. The number of rotatable bonds is 5. The summed E-state index contributed by atoms with van der Waals surface area (Å²) in [4.78, 5) is 19.4. The van der Waals surface area contributed by atoms with Gasteiger partial charge in [-0.1, -0.05) is 30.3 Å². The molecular formula is C23H24N2O3. The largest absolute Gasteiger partial charge is 0.493 e. The Labute approximate surface area is 164 Å². The van der Waals surface area contributed by atoms with Crippen molar-refractivity contribution in [3.63, 3.8) is 0 Å². The summed E-state index contributed by atoms with van der Waals surface area (Å²) in [5.74, 6) is 1.46. The van der Waals surface area contributed by atoms with Gasteiger partial charge in [0.25, 0.3) is 5.91 Å². The van der Waals surface area contributed by atoms with Gasteiger partial charge in [0.05, 0.1) is 18.4 Å². The van der Waals surface area contributed by atoms with Crippen molar-refractivity contribution < 1.29 is 14.3 Å². The van der Waals surface area contributed by atoms with Crippen LogP contribution in [0, 0.1) is 0 Å². The number of benzene rings is 2. The summed E-state index contributed by atoms with van der Waals surface area (Å²) in [6, 6.07) is 15.6. The van der Waals surface area contributed by atoms with Crippen molar-refractivity contribution in [2.75, 3.05) is 19.7 Å². The van der Waals surface area contributed by atoms with Crippen LogP contribution < -0.4 is 9.47 Å². The maximum Gasteiger partial charge on any atom is 0.258 e. The first-order valence-electron chi connectivity index (χ1n) is 9.76. The van der Waals surface area contributed by atoms with E-state index in [0.29, 0.717) is 31.0 Å². The number of piperidine rings is 1. The van der Waals surface area contributed by atoms with Crippen LogP contribution in [0.3, 0.4) is 0 Å². The van der Waals surface area contributed by atoms with Crippen LogP contribution in [0.1, 0.15) is 30.1 Å². The highest BCUT2D eigenvalue weighted by Crippen LogP contribution is 2.30. The summed E-state index contributed by atoms with van der Waals surface area (Å²) in [6.45, 7) is 3.79. The third kappa shape index (κ3) is 3.79. The topological polar surface area (TPSA) is 51.7 Å². The Morgan fingerprint density at radius 2 is 1.93 bits per heavy atom. The van der Waals surface area contributed by atoms with E-state index in [0.717, 1.165) is 29.4 Å². The average Bonchev–Trinajstić information content (AvgIpc) is 2.75. The summed E-state index contributed by atoms with van der Waals surface area (Å²) in [7, 11) is 0. The lowest BCUT2D eigenvalue weighted by Crippen LogP contribution is -2.42. The van der Waals surface area contributed by atoms with Crippen LogP contribution in [0.4, 0.5) is 0 Å². The number of aromatic nitrogens is 1. The van der Waals surface area contributed by atoms with Gasteiger partial charge in [-0.2, -0.15) is 0 Å².